The summed E-state index contributed by atoms with van der Waals surface area (Å²) >= 11 is 0. The molecule has 0 unspecified atom stereocenters. The molecule has 0 aliphatic carbocycles. The first kappa shape index (κ1) is 12.5. The van der Waals surface area contributed by atoms with Crippen molar-refractivity contribution >= 4 is 5.69 Å². The molecule has 67 valence electrons. The Balaban J connectivity index is 0.00000144. The zero-order valence-electron chi connectivity index (χ0n) is 6.71. The summed E-state index contributed by atoms with van der Waals surface area (Å²) < 4.78 is 0. The van der Waals surface area contributed by atoms with Gasteiger partial charge in [0, 0.05) is 37.6 Å². The van der Waals surface area contributed by atoms with Crippen LogP contribution in [0.25, 0.3) is 0 Å². The average molecular weight is 256 g/mol. The van der Waals surface area contributed by atoms with E-state index in [1.165, 1.54) is 6.07 Å². The predicted molar refractivity (Wildman–Crippen MR) is 41.8 cm³/mol. The van der Waals surface area contributed by atoms with Crippen molar-refractivity contribution in [2.45, 2.75) is 0 Å². The van der Waals surface area contributed by atoms with E-state index in [0.717, 1.165) is 6.61 Å². The van der Waals surface area contributed by atoms with Crippen LogP contribution in [0.2, 0.25) is 0 Å². The van der Waals surface area contributed by atoms with E-state index in [4.69, 9.17) is 5.90 Å². The third kappa shape index (κ3) is 3.40. The maximum absolute atomic E-state index is 10.4. The van der Waals surface area contributed by atoms with E-state index in [0.29, 0.717) is 5.56 Å². The number of nitro benzene ring substituents is 1. The molecule has 0 fully saturated rings. The quantitative estimate of drug-likeness (QED) is 0.497. The van der Waals surface area contributed by atoms with Crippen LogP contribution in [0.1, 0.15) is 5.56 Å². The summed E-state index contributed by atoms with van der Waals surface area (Å²) in [6.45, 7) is 1.12. The van der Waals surface area contributed by atoms with Gasteiger partial charge in [0.15, 0.2) is 5.69 Å². The van der Waals surface area contributed by atoms with Gasteiger partial charge in [0.25, 0.3) is 0 Å². The molecule has 1 radical (unpaired) electrons. The number of nitro groups is 1. The van der Waals surface area contributed by atoms with Crippen LogP contribution in [0.3, 0.4) is 0 Å². The summed E-state index contributed by atoms with van der Waals surface area (Å²) in [6, 6.07) is 6.17. The number of nitrogens with zero attached hydrogens (tertiary/aromatic N) is 1. The molecule has 0 saturated carbocycles. The Labute approximate surface area is 100 Å². The van der Waals surface area contributed by atoms with Crippen LogP contribution >= 0.6 is 0 Å². The van der Waals surface area contributed by atoms with Gasteiger partial charge in [-0.15, -0.1) is 6.07 Å². The molecule has 1 aromatic rings. The van der Waals surface area contributed by atoms with E-state index in [-0.39, 0.29) is 38.4 Å². The zero-order valence-corrected chi connectivity index (χ0v) is 9.55. The van der Waals surface area contributed by atoms with Gasteiger partial charge in [-0.2, -0.15) is 6.07 Å². The maximum atomic E-state index is 10.4. The minimum Gasteiger partial charge on any atom is -0.337 e. The Morgan fingerprint density at radius 2 is 2.08 bits per heavy atom. The van der Waals surface area contributed by atoms with Crippen molar-refractivity contribution in [2.75, 3.05) is 0 Å². The Morgan fingerprint density at radius 1 is 1.46 bits per heavy atom. The van der Waals surface area contributed by atoms with Crippen molar-refractivity contribution in [1.29, 1.82) is 0 Å². The summed E-state index contributed by atoms with van der Waals surface area (Å²) in [7, 11) is 0. The summed E-state index contributed by atoms with van der Waals surface area (Å²) in [5, 5.41) is 10.4. The number of para-hydroxylation sites is 1. The van der Waals surface area contributed by atoms with Crippen LogP contribution in [-0.2, 0) is 37.5 Å². The molecule has 6 heteroatoms. The molecule has 1 aromatic carbocycles. The van der Waals surface area contributed by atoms with Crippen LogP contribution in [0.15, 0.2) is 24.3 Å². The Bertz CT molecular complexity index is 293. The van der Waals surface area contributed by atoms with Crippen LogP contribution in [0.5, 0.6) is 0 Å². The Hall–Kier alpha value is -0.486. The molecule has 0 saturated heterocycles. The van der Waals surface area contributed by atoms with Gasteiger partial charge in [0.2, 0.25) is 0 Å². The van der Waals surface area contributed by atoms with Crippen molar-refractivity contribution in [3.05, 3.63) is 46.6 Å². The molecule has 0 atom stereocenters. The molecule has 1 rings (SSSR count). The monoisotopic (exact) mass is 256 g/mol. The minimum atomic E-state index is -0.495. The Kier molecular flexibility index (Phi) is 5.82. The number of hydrogen-bond donors (Lipinski definition) is 1. The first-order valence-corrected chi connectivity index (χ1v) is 3.18. The third-order valence-electron chi connectivity index (χ3n) is 1.33. The number of rotatable bonds is 3. The Morgan fingerprint density at radius 3 is 2.62 bits per heavy atom. The molecule has 5 nitrogen and oxygen atoms in total. The number of nitrogens with two attached hydrogens (primary N) is 1. The first-order valence-electron chi connectivity index (χ1n) is 3.18. The van der Waals surface area contributed by atoms with Crippen LogP contribution < -0.4 is 5.90 Å². The van der Waals surface area contributed by atoms with Crippen molar-refractivity contribution in [3.63, 3.8) is 0 Å². The van der Waals surface area contributed by atoms with E-state index in [2.05, 4.69) is 4.84 Å². The second-order valence-corrected chi connectivity index (χ2v) is 2.07. The van der Waals surface area contributed by atoms with Gasteiger partial charge in [-0.3, -0.25) is 10.1 Å². The number of benzene rings is 1. The fourth-order valence-electron chi connectivity index (χ4n) is 0.827. The molecule has 2 N–H and O–H groups in total. The molecule has 0 aliphatic heterocycles. The van der Waals surface area contributed by atoms with Crippen LogP contribution in [-0.4, -0.2) is 4.92 Å². The fourth-order valence-corrected chi connectivity index (χ4v) is 0.827. The predicted octanol–water partition coefficient (Wildman–Crippen LogP) is 0.992. The molecule has 0 heterocycles. The smallest absolute Gasteiger partial charge is 0.172 e. The topological polar surface area (TPSA) is 78.4 Å². The molecule has 0 aliphatic rings. The third-order valence-corrected chi connectivity index (χ3v) is 1.33. The van der Waals surface area contributed by atoms with E-state index < -0.39 is 4.92 Å². The molecule has 0 aromatic heterocycles. The first-order chi connectivity index (χ1) is 5.75. The summed E-state index contributed by atoms with van der Waals surface area (Å²) in [5.74, 6) is 4.75. The van der Waals surface area contributed by atoms with Crippen LogP contribution in [0, 0.1) is 16.7 Å². The van der Waals surface area contributed by atoms with Gasteiger partial charge in [-0.25, -0.2) is 5.90 Å². The molecule has 0 spiro atoms. The molecular weight excluding hydrogens is 249 g/mol. The van der Waals surface area contributed by atoms with Gasteiger partial charge in [0.05, 0.1) is 0 Å². The summed E-state index contributed by atoms with van der Waals surface area (Å²) in [4.78, 5) is 14.1. The second kappa shape index (κ2) is 6.04. The van der Waals surface area contributed by atoms with Crippen molar-refractivity contribution in [1.82, 2.24) is 0 Å². The van der Waals surface area contributed by atoms with E-state index in [1.54, 1.807) is 18.2 Å². The largest absolute Gasteiger partial charge is 0.337 e. The maximum Gasteiger partial charge on any atom is 0.172 e. The van der Waals surface area contributed by atoms with Gasteiger partial charge >= 0.3 is 0 Å². The molecule has 0 bridgehead atoms. The van der Waals surface area contributed by atoms with E-state index >= 15 is 0 Å². The fraction of sp³-hybridized carbons (Fsp3) is 0. The normalized spacial score (nSPS) is 8.69. The second-order valence-electron chi connectivity index (χ2n) is 2.07. The van der Waals surface area contributed by atoms with Crippen molar-refractivity contribution < 1.29 is 42.5 Å². The van der Waals surface area contributed by atoms with Gasteiger partial charge in [0.1, 0.15) is 0 Å². The van der Waals surface area contributed by atoms with E-state index in [1.807, 2.05) is 0 Å². The van der Waals surface area contributed by atoms with Crippen molar-refractivity contribution in [2.24, 2.45) is 5.90 Å². The summed E-state index contributed by atoms with van der Waals surface area (Å²) in [6.07, 6.45) is 0. The van der Waals surface area contributed by atoms with Crippen molar-refractivity contribution in [3.8, 4) is 0 Å². The van der Waals surface area contributed by atoms with Gasteiger partial charge < -0.3 is 4.84 Å². The van der Waals surface area contributed by atoms with E-state index in [9.17, 15) is 10.1 Å². The molecular formula is C7H7N2O3Y-. The van der Waals surface area contributed by atoms with Crippen LogP contribution in [0.4, 0.5) is 5.69 Å². The zero-order chi connectivity index (χ0) is 8.97. The standard InChI is InChI=1S/C7H7N2O3.Y/c8-12-5-6-3-1-2-4-7(6)9(10)11;/h1-5H,8H2;/q-1;. The average Bonchev–Trinajstić information content (AvgIpc) is 2.05. The molecule has 13 heavy (non-hydrogen) atoms. The SMILES string of the molecule is NO[CH-]c1ccccc1[N+](=O)[O-].[Y]. The van der Waals surface area contributed by atoms with Gasteiger partial charge in [-0.05, 0) is 12.7 Å². The number of hydrogen-bond acceptors (Lipinski definition) is 4. The minimum absolute atomic E-state index is 0. The summed E-state index contributed by atoms with van der Waals surface area (Å²) in [5.41, 5.74) is 0.327. The molecule has 0 amide bonds. The van der Waals surface area contributed by atoms with Gasteiger partial charge in [-0.1, -0.05) is 11.6 Å².